The number of nitrogens with zero attached hydrogens (tertiary/aromatic N) is 2. The molecule has 2 fully saturated rings. The molecule has 2 amide bonds. The molecule has 1 aliphatic heterocycles. The van der Waals surface area contributed by atoms with Crippen molar-refractivity contribution in [2.75, 3.05) is 4.90 Å². The normalized spacial score (nSPS) is 24.1. The fraction of sp³-hybridized carbons (Fsp3) is 0.167. The van der Waals surface area contributed by atoms with Gasteiger partial charge in [-0.1, -0.05) is 126 Å². The number of rotatable bonds is 6. The maximum Gasteiger partial charge on any atom is 0.271 e. The van der Waals surface area contributed by atoms with Crippen molar-refractivity contribution in [3.63, 3.8) is 0 Å². The number of benzene rings is 5. The summed E-state index contributed by atoms with van der Waals surface area (Å²) in [6.45, 7) is 5.72. The number of amides is 2. The van der Waals surface area contributed by atoms with Gasteiger partial charge in [0, 0.05) is 12.1 Å². The minimum Gasteiger partial charge on any atom is -0.297 e. The van der Waals surface area contributed by atoms with Crippen LogP contribution in [-0.2, 0) is 25.2 Å². The first-order valence-electron chi connectivity index (χ1n) is 16.3. The van der Waals surface area contributed by atoms with E-state index in [1.54, 1.807) is 13.0 Å². The van der Waals surface area contributed by atoms with Gasteiger partial charge < -0.3 is 0 Å². The lowest BCUT2D eigenvalue weighted by molar-refractivity contribution is -0.384. The van der Waals surface area contributed by atoms with E-state index >= 15 is 14.4 Å². The number of ketones is 1. The number of carbonyl (C=O) groups is 3. The fourth-order valence-corrected chi connectivity index (χ4v) is 8.75. The number of imide groups is 1. The van der Waals surface area contributed by atoms with Crippen LogP contribution >= 0.6 is 0 Å². The lowest BCUT2D eigenvalue weighted by Gasteiger charge is -2.39. The number of nitro groups is 1. The van der Waals surface area contributed by atoms with Crippen molar-refractivity contribution < 1.29 is 19.3 Å². The van der Waals surface area contributed by atoms with Crippen LogP contribution < -0.4 is 4.90 Å². The zero-order valence-electron chi connectivity index (χ0n) is 27.2. The van der Waals surface area contributed by atoms with Crippen LogP contribution in [0.2, 0.25) is 0 Å². The third-order valence-corrected chi connectivity index (χ3v) is 10.8. The first kappa shape index (κ1) is 30.4. The topological polar surface area (TPSA) is 97.6 Å². The molecule has 1 saturated carbocycles. The van der Waals surface area contributed by atoms with Gasteiger partial charge in [-0.25, -0.2) is 4.90 Å². The van der Waals surface area contributed by atoms with E-state index in [4.69, 9.17) is 0 Å². The SMILES string of the molecule is Cc1ccc(C2=C(c3ccc(C)cc3)[C@@]3(c4ccccc4)C(=O)[C@@]2(c2ccccc2)[C@H]2C(=O)N(c4cc([N+](=O)[O-])ccc4C)C(=O)[C@@H]23)cc1. The molecule has 5 aromatic rings. The van der Waals surface area contributed by atoms with Crippen LogP contribution in [0, 0.1) is 42.7 Å². The Bertz CT molecular complexity index is 2120. The molecule has 0 radical (unpaired) electrons. The lowest BCUT2D eigenvalue weighted by Crippen LogP contribution is -2.45. The Hall–Kier alpha value is -5.95. The van der Waals surface area contributed by atoms with Gasteiger partial charge in [-0.05, 0) is 59.7 Å². The number of non-ortho nitro benzene ring substituents is 1. The highest BCUT2D eigenvalue weighted by molar-refractivity contribution is 6.39. The van der Waals surface area contributed by atoms with Crippen LogP contribution in [0.15, 0.2) is 127 Å². The highest BCUT2D eigenvalue weighted by Crippen LogP contribution is 2.74. The van der Waals surface area contributed by atoms with E-state index in [9.17, 15) is 10.1 Å². The molecule has 1 saturated heterocycles. The second-order valence-electron chi connectivity index (χ2n) is 13.4. The molecular formula is C42H32N2O5. The first-order valence-corrected chi connectivity index (χ1v) is 16.3. The number of aryl methyl sites for hydroxylation is 3. The summed E-state index contributed by atoms with van der Waals surface area (Å²) in [6.07, 6.45) is 0. The van der Waals surface area contributed by atoms with Crippen LogP contribution in [-0.4, -0.2) is 22.5 Å². The number of hydrogen-bond donors (Lipinski definition) is 0. The smallest absolute Gasteiger partial charge is 0.271 e. The molecule has 1 heterocycles. The van der Waals surface area contributed by atoms with Crippen molar-refractivity contribution >= 4 is 40.1 Å². The zero-order chi connectivity index (χ0) is 34.2. The summed E-state index contributed by atoms with van der Waals surface area (Å²) in [5, 5.41) is 11.9. The third kappa shape index (κ3) is 3.93. The van der Waals surface area contributed by atoms with Crippen LogP contribution in [0.5, 0.6) is 0 Å². The highest BCUT2D eigenvalue weighted by atomic mass is 16.6. The molecule has 8 rings (SSSR count). The quantitative estimate of drug-likeness (QED) is 0.107. The summed E-state index contributed by atoms with van der Waals surface area (Å²) in [5.41, 5.74) is 3.71. The van der Waals surface area contributed by atoms with E-state index in [0.29, 0.717) is 27.8 Å². The summed E-state index contributed by atoms with van der Waals surface area (Å²) in [5.74, 6) is -3.52. The molecular weight excluding hydrogens is 612 g/mol. The predicted molar refractivity (Wildman–Crippen MR) is 188 cm³/mol. The van der Waals surface area contributed by atoms with Gasteiger partial charge in [0.15, 0.2) is 5.78 Å². The van der Waals surface area contributed by atoms with Crippen LogP contribution in [0.1, 0.15) is 38.9 Å². The number of anilines is 1. The molecule has 5 aromatic carbocycles. The molecule has 240 valence electrons. The van der Waals surface area contributed by atoms with Gasteiger partial charge in [-0.15, -0.1) is 0 Å². The van der Waals surface area contributed by atoms with Crippen molar-refractivity contribution in [2.24, 2.45) is 11.8 Å². The molecule has 2 aliphatic carbocycles. The maximum absolute atomic E-state index is 16.0. The minimum absolute atomic E-state index is 0.158. The second kappa shape index (κ2) is 10.8. The Morgan fingerprint density at radius 3 is 1.43 bits per heavy atom. The minimum atomic E-state index is -1.55. The summed E-state index contributed by atoms with van der Waals surface area (Å²) in [7, 11) is 0. The van der Waals surface area contributed by atoms with Gasteiger partial charge in [0.05, 0.1) is 33.3 Å². The molecule has 7 heteroatoms. The van der Waals surface area contributed by atoms with Crippen molar-refractivity contribution in [1.82, 2.24) is 0 Å². The number of nitro benzene ring substituents is 1. The number of Topliss-reactive ketones (excluding diaryl/α,β-unsaturated/α-hetero) is 1. The molecule has 49 heavy (non-hydrogen) atoms. The van der Waals surface area contributed by atoms with Crippen LogP contribution in [0.3, 0.4) is 0 Å². The van der Waals surface area contributed by atoms with Gasteiger partial charge in [-0.2, -0.15) is 0 Å². The van der Waals surface area contributed by atoms with Gasteiger partial charge in [0.25, 0.3) is 5.69 Å². The van der Waals surface area contributed by atoms with Crippen molar-refractivity contribution in [2.45, 2.75) is 31.6 Å². The fourth-order valence-electron chi connectivity index (χ4n) is 8.75. The molecule has 4 atom stereocenters. The Morgan fingerprint density at radius 2 is 1.02 bits per heavy atom. The van der Waals surface area contributed by atoms with Gasteiger partial charge in [-0.3, -0.25) is 24.5 Å². The molecule has 0 N–H and O–H groups in total. The number of allylic oxidation sites excluding steroid dienone is 2. The van der Waals surface area contributed by atoms with Gasteiger partial charge >= 0.3 is 0 Å². The third-order valence-electron chi connectivity index (χ3n) is 10.8. The molecule has 7 nitrogen and oxygen atoms in total. The van der Waals surface area contributed by atoms with Crippen LogP contribution in [0.25, 0.3) is 11.1 Å². The Balaban J connectivity index is 1.54. The number of fused-ring (bicyclic) bond motifs is 5. The summed E-state index contributed by atoms with van der Waals surface area (Å²) in [4.78, 5) is 58.9. The van der Waals surface area contributed by atoms with E-state index in [1.165, 1.54) is 12.1 Å². The number of carbonyl (C=O) groups excluding carboxylic acids is 3. The van der Waals surface area contributed by atoms with Crippen molar-refractivity contribution in [3.8, 4) is 0 Å². The molecule has 0 unspecified atom stereocenters. The lowest BCUT2D eigenvalue weighted by atomic mass is 9.59. The van der Waals surface area contributed by atoms with E-state index in [1.807, 2.05) is 123 Å². The van der Waals surface area contributed by atoms with Crippen molar-refractivity contribution in [3.05, 3.63) is 176 Å². The summed E-state index contributed by atoms with van der Waals surface area (Å²) in [6, 6.07) is 38.8. The van der Waals surface area contributed by atoms with Crippen molar-refractivity contribution in [1.29, 1.82) is 0 Å². The first-order chi connectivity index (χ1) is 23.6. The predicted octanol–water partition coefficient (Wildman–Crippen LogP) is 7.71. The van der Waals surface area contributed by atoms with E-state index in [2.05, 4.69) is 0 Å². The average Bonchev–Trinajstić information content (AvgIpc) is 3.62. The van der Waals surface area contributed by atoms with E-state index < -0.39 is 39.4 Å². The molecule has 2 bridgehead atoms. The molecule has 3 aliphatic rings. The summed E-state index contributed by atoms with van der Waals surface area (Å²) < 4.78 is 0. The Morgan fingerprint density at radius 1 is 0.592 bits per heavy atom. The monoisotopic (exact) mass is 644 g/mol. The van der Waals surface area contributed by atoms with Gasteiger partial charge in [0.1, 0.15) is 0 Å². The van der Waals surface area contributed by atoms with E-state index in [0.717, 1.165) is 27.2 Å². The number of hydrogen-bond acceptors (Lipinski definition) is 5. The van der Waals surface area contributed by atoms with Gasteiger partial charge in [0.2, 0.25) is 11.8 Å². The Kier molecular flexibility index (Phi) is 6.69. The standard InChI is InChI=1S/C42H32N2O5/c1-25-14-19-28(20-15-25)34-35(29-21-16-26(2)17-22-29)42(31-12-8-5-9-13-31)37-36(41(34,40(42)47)30-10-6-4-7-11-30)38(45)43(39(37)46)33-24-32(44(48)49)23-18-27(33)3/h4-24,36-37H,1-3H3/t36-,37-,41-,42-/m1/s1. The van der Waals surface area contributed by atoms with Crippen LogP contribution in [0.4, 0.5) is 11.4 Å². The Labute approximate surface area is 283 Å². The second-order valence-corrected chi connectivity index (χ2v) is 13.4. The maximum atomic E-state index is 16.0. The largest absolute Gasteiger partial charge is 0.297 e. The summed E-state index contributed by atoms with van der Waals surface area (Å²) >= 11 is 0. The molecule has 0 spiro atoms. The average molecular weight is 645 g/mol. The molecule has 0 aromatic heterocycles. The van der Waals surface area contributed by atoms with E-state index in [-0.39, 0.29) is 17.2 Å². The highest BCUT2D eigenvalue weighted by Gasteiger charge is 2.82. The zero-order valence-corrected chi connectivity index (χ0v) is 27.2.